The molecule has 0 atom stereocenters. The van der Waals surface area contributed by atoms with Crippen molar-refractivity contribution < 1.29 is 5.11 Å². The van der Waals surface area contributed by atoms with Crippen LogP contribution in [0.2, 0.25) is 0 Å². The number of rotatable bonds is 9. The molecule has 35 heavy (non-hydrogen) atoms. The first-order valence-corrected chi connectivity index (χ1v) is 12.8. The number of aliphatic imine (C=N–C) groups is 1. The van der Waals surface area contributed by atoms with Crippen molar-refractivity contribution in [3.8, 4) is 0 Å². The molecule has 0 bridgehead atoms. The lowest BCUT2D eigenvalue weighted by Gasteiger charge is -2.26. The van der Waals surface area contributed by atoms with Crippen LogP contribution in [0.1, 0.15) is 88.0 Å². The van der Waals surface area contributed by atoms with Gasteiger partial charge in [-0.2, -0.15) is 0 Å². The number of allylic oxidation sites excluding steroid dienone is 5. The Morgan fingerprint density at radius 1 is 1.11 bits per heavy atom. The molecule has 0 saturated carbocycles. The zero-order chi connectivity index (χ0) is 26.6. The summed E-state index contributed by atoms with van der Waals surface area (Å²) in [5.41, 5.74) is 20.7. The topological polar surface area (TPSA) is 108 Å². The van der Waals surface area contributed by atoms with Gasteiger partial charge in [0.1, 0.15) is 0 Å². The second-order valence-electron chi connectivity index (χ2n) is 8.45. The second-order valence-corrected chi connectivity index (χ2v) is 8.45. The molecule has 0 aliphatic heterocycles. The van der Waals surface area contributed by atoms with Crippen molar-refractivity contribution >= 4 is 18.0 Å². The lowest BCUT2D eigenvalue weighted by Crippen LogP contribution is -2.09. The second kappa shape index (κ2) is 19.4. The fourth-order valence-corrected chi connectivity index (χ4v) is 4.10. The molecule has 1 aromatic rings. The first kappa shape index (κ1) is 32.1. The SMILES string of the molecule is C=CO.CCC/C=C(C1=C(c2c(C)ccc(C)c2C=N)CCCC1)\C(C=NCCC)=C\N.CCN. The lowest BCUT2D eigenvalue weighted by molar-refractivity contribution is 0.476. The Morgan fingerprint density at radius 2 is 1.71 bits per heavy atom. The summed E-state index contributed by atoms with van der Waals surface area (Å²) in [5, 5.41) is 15.4. The van der Waals surface area contributed by atoms with Crippen molar-refractivity contribution in [2.45, 2.75) is 79.6 Å². The third-order valence-electron chi connectivity index (χ3n) is 5.62. The van der Waals surface area contributed by atoms with E-state index in [9.17, 15) is 0 Å². The molecule has 1 aliphatic rings. The van der Waals surface area contributed by atoms with Gasteiger partial charge in [0.25, 0.3) is 0 Å². The van der Waals surface area contributed by atoms with Gasteiger partial charge in [-0.25, -0.2) is 0 Å². The van der Waals surface area contributed by atoms with E-state index in [0.717, 1.165) is 68.2 Å². The van der Waals surface area contributed by atoms with Gasteiger partial charge < -0.3 is 22.0 Å². The molecule has 2 rings (SSSR count). The fourth-order valence-electron chi connectivity index (χ4n) is 4.10. The number of aryl methyl sites for hydroxylation is 2. The molecule has 0 amide bonds. The van der Waals surface area contributed by atoms with E-state index in [1.807, 2.05) is 13.1 Å². The Labute approximate surface area is 213 Å². The first-order valence-electron chi connectivity index (χ1n) is 12.8. The van der Waals surface area contributed by atoms with E-state index in [1.54, 1.807) is 6.20 Å². The average Bonchev–Trinajstić information content (AvgIpc) is 2.85. The highest BCUT2D eigenvalue weighted by atomic mass is 16.2. The van der Waals surface area contributed by atoms with Crippen molar-refractivity contribution in [3.05, 3.63) is 76.2 Å². The van der Waals surface area contributed by atoms with Crippen LogP contribution < -0.4 is 11.5 Å². The maximum atomic E-state index is 8.04. The largest absolute Gasteiger partial charge is 0.516 e. The van der Waals surface area contributed by atoms with Crippen LogP contribution >= 0.6 is 0 Å². The highest BCUT2D eigenvalue weighted by Gasteiger charge is 2.22. The van der Waals surface area contributed by atoms with E-state index >= 15 is 0 Å². The molecule has 0 heterocycles. The van der Waals surface area contributed by atoms with E-state index in [-0.39, 0.29) is 0 Å². The van der Waals surface area contributed by atoms with Gasteiger partial charge in [-0.05, 0) is 92.3 Å². The summed E-state index contributed by atoms with van der Waals surface area (Å²) in [5.74, 6) is 0. The minimum absolute atomic E-state index is 0.750. The van der Waals surface area contributed by atoms with Gasteiger partial charge in [-0.15, -0.1) is 0 Å². The number of unbranched alkanes of at least 4 members (excludes halogenated alkanes) is 1. The quantitative estimate of drug-likeness (QED) is 0.169. The normalized spacial score (nSPS) is 14.1. The Bertz CT molecular complexity index is 907. The Hall–Kier alpha value is -2.92. The van der Waals surface area contributed by atoms with E-state index in [0.29, 0.717) is 0 Å². The van der Waals surface area contributed by atoms with Crippen LogP contribution in [0.5, 0.6) is 0 Å². The number of aliphatic hydroxyl groups is 1. The van der Waals surface area contributed by atoms with Gasteiger partial charge in [0, 0.05) is 36.3 Å². The molecule has 0 radical (unpaired) electrons. The highest BCUT2D eigenvalue weighted by Crippen LogP contribution is 2.40. The van der Waals surface area contributed by atoms with Crippen molar-refractivity contribution in [1.82, 2.24) is 0 Å². The molecular formula is C30H48N4O. The molecule has 6 N–H and O–H groups in total. The smallest absolute Gasteiger partial charge is 0.0719 e. The Kier molecular flexibility index (Phi) is 17.8. The van der Waals surface area contributed by atoms with Crippen LogP contribution in [0.4, 0.5) is 0 Å². The van der Waals surface area contributed by atoms with E-state index < -0.39 is 0 Å². The Balaban J connectivity index is 0.00000174. The van der Waals surface area contributed by atoms with Crippen molar-refractivity contribution in [2.24, 2.45) is 16.5 Å². The van der Waals surface area contributed by atoms with Crippen LogP contribution in [0.3, 0.4) is 0 Å². The van der Waals surface area contributed by atoms with Crippen molar-refractivity contribution in [3.63, 3.8) is 0 Å². The standard InChI is InChI=1S/C26H37N3.C2H7N.C2H4O/c1-5-7-10-22(21(16-27)18-29-15-6-2)23-11-8-9-12-24(23)26-20(4)14-13-19(3)25(26)17-28;2*1-2-3/h10,13-14,16-18,28H,5-9,11-12,15,27H2,1-4H3;2-3H2,1H3;2-3H,1H2/b21-16+,22-10+,28-17?,29-18?;;. The number of nitrogens with two attached hydrogens (primary N) is 2. The maximum Gasteiger partial charge on any atom is 0.0719 e. The molecular weight excluding hydrogens is 432 g/mol. The number of nitrogens with one attached hydrogen (secondary N) is 1. The van der Waals surface area contributed by atoms with Gasteiger partial charge >= 0.3 is 0 Å². The number of hydrogen-bond donors (Lipinski definition) is 4. The summed E-state index contributed by atoms with van der Waals surface area (Å²) >= 11 is 0. The summed E-state index contributed by atoms with van der Waals surface area (Å²) in [4.78, 5) is 4.58. The molecule has 194 valence electrons. The van der Waals surface area contributed by atoms with E-state index in [1.165, 1.54) is 46.9 Å². The zero-order valence-corrected chi connectivity index (χ0v) is 22.7. The van der Waals surface area contributed by atoms with Gasteiger partial charge in [0.15, 0.2) is 0 Å². The summed E-state index contributed by atoms with van der Waals surface area (Å²) in [7, 11) is 0. The summed E-state index contributed by atoms with van der Waals surface area (Å²) in [6, 6.07) is 4.31. The van der Waals surface area contributed by atoms with Gasteiger partial charge in [0.05, 0.1) is 6.26 Å². The zero-order valence-electron chi connectivity index (χ0n) is 22.7. The van der Waals surface area contributed by atoms with E-state index in [4.69, 9.17) is 22.0 Å². The number of benzene rings is 1. The third kappa shape index (κ3) is 10.5. The monoisotopic (exact) mass is 480 g/mol. The fraction of sp³-hybridized carbons (Fsp3) is 0.467. The number of hydrogen-bond acceptors (Lipinski definition) is 5. The molecule has 5 nitrogen and oxygen atoms in total. The predicted octanol–water partition coefficient (Wildman–Crippen LogP) is 7.33. The highest BCUT2D eigenvalue weighted by molar-refractivity contribution is 5.94. The van der Waals surface area contributed by atoms with E-state index in [2.05, 4.69) is 57.5 Å². The molecule has 0 fully saturated rings. The predicted molar refractivity (Wildman–Crippen MR) is 156 cm³/mol. The lowest BCUT2D eigenvalue weighted by atomic mass is 9.78. The number of aliphatic hydroxyl groups excluding tert-OH is 1. The van der Waals surface area contributed by atoms with Crippen LogP contribution in [-0.2, 0) is 0 Å². The van der Waals surface area contributed by atoms with Gasteiger partial charge in [-0.1, -0.05) is 52.0 Å². The van der Waals surface area contributed by atoms with Crippen LogP contribution in [0.15, 0.2) is 59.0 Å². The molecule has 0 aromatic heterocycles. The van der Waals surface area contributed by atoms with Crippen LogP contribution in [-0.4, -0.2) is 30.6 Å². The van der Waals surface area contributed by atoms with Gasteiger partial charge in [0.2, 0.25) is 0 Å². The molecule has 0 saturated heterocycles. The number of nitrogens with zero attached hydrogens (tertiary/aromatic N) is 1. The summed E-state index contributed by atoms with van der Waals surface area (Å²) in [6.45, 7) is 15.0. The maximum absolute atomic E-state index is 8.04. The summed E-state index contributed by atoms with van der Waals surface area (Å²) in [6.07, 6.45) is 15.9. The third-order valence-corrected chi connectivity index (χ3v) is 5.62. The molecule has 1 aliphatic carbocycles. The average molecular weight is 481 g/mol. The van der Waals surface area contributed by atoms with Crippen LogP contribution in [0.25, 0.3) is 5.57 Å². The minimum atomic E-state index is 0.750. The first-order chi connectivity index (χ1) is 16.9. The van der Waals surface area contributed by atoms with Crippen molar-refractivity contribution in [1.29, 1.82) is 5.41 Å². The molecule has 5 heteroatoms. The minimum Gasteiger partial charge on any atom is -0.516 e. The van der Waals surface area contributed by atoms with Gasteiger partial charge in [-0.3, -0.25) is 4.99 Å². The summed E-state index contributed by atoms with van der Waals surface area (Å²) < 4.78 is 0. The molecule has 0 spiro atoms. The Morgan fingerprint density at radius 3 is 2.26 bits per heavy atom. The van der Waals surface area contributed by atoms with Crippen LogP contribution in [0, 0.1) is 19.3 Å². The molecule has 0 unspecified atom stereocenters. The van der Waals surface area contributed by atoms with Crippen molar-refractivity contribution in [2.75, 3.05) is 13.1 Å². The molecule has 1 aromatic carbocycles.